The van der Waals surface area contributed by atoms with Crippen molar-refractivity contribution in [3.63, 3.8) is 0 Å². The normalized spacial score (nSPS) is 13.2. The minimum Gasteiger partial charge on any atom is -0.333 e. The van der Waals surface area contributed by atoms with E-state index in [1.54, 1.807) is 0 Å². The Morgan fingerprint density at radius 2 is 1.58 bits per heavy atom. The van der Waals surface area contributed by atoms with E-state index in [1.165, 1.54) is 0 Å². The molecule has 0 saturated carbocycles. The molecular formula is C23H30N2O. The van der Waals surface area contributed by atoms with Gasteiger partial charge in [0.2, 0.25) is 0 Å². The molecule has 0 heterocycles. The lowest BCUT2D eigenvalue weighted by Gasteiger charge is -2.33. The minimum atomic E-state index is -0.275. The zero-order chi connectivity index (χ0) is 19.2. The predicted octanol–water partition coefficient (Wildman–Crippen LogP) is 5.66. The van der Waals surface area contributed by atoms with Crippen molar-refractivity contribution in [2.75, 3.05) is 6.54 Å². The number of carbonyl (C=O) groups is 1. The largest absolute Gasteiger partial charge is 0.333 e. The summed E-state index contributed by atoms with van der Waals surface area (Å²) in [6.07, 6.45) is 2.13. The molecule has 1 N–H and O–H groups in total. The number of nitrogens with zero attached hydrogens (tertiary/aromatic N) is 1. The number of benzene rings is 2. The standard InChI is InChI=1S/C23H30N2O/c1-18(16-20-12-8-6-9-13-20)17-25(22(26)24-23(3,4)5)19(2)21-14-10-7-11-15-21/h6-16,19H,17H2,1-5H3,(H,24,26)/b18-16+. The average molecular weight is 351 g/mol. The van der Waals surface area contributed by atoms with Gasteiger partial charge in [0.1, 0.15) is 0 Å². The highest BCUT2D eigenvalue weighted by molar-refractivity contribution is 5.76. The highest BCUT2D eigenvalue weighted by atomic mass is 16.2. The van der Waals surface area contributed by atoms with Gasteiger partial charge in [-0.05, 0) is 45.7 Å². The number of nitrogens with one attached hydrogen (secondary N) is 1. The van der Waals surface area contributed by atoms with Crippen LogP contribution < -0.4 is 5.32 Å². The van der Waals surface area contributed by atoms with Crippen molar-refractivity contribution in [1.29, 1.82) is 0 Å². The average Bonchev–Trinajstić information content (AvgIpc) is 2.59. The molecule has 0 saturated heterocycles. The van der Waals surface area contributed by atoms with Crippen molar-refractivity contribution < 1.29 is 4.79 Å². The fourth-order valence-electron chi connectivity index (χ4n) is 2.84. The van der Waals surface area contributed by atoms with E-state index in [0.717, 1.165) is 16.7 Å². The van der Waals surface area contributed by atoms with Crippen LogP contribution in [0.3, 0.4) is 0 Å². The first-order valence-electron chi connectivity index (χ1n) is 9.12. The quantitative estimate of drug-likeness (QED) is 0.741. The van der Waals surface area contributed by atoms with Gasteiger partial charge in [-0.15, -0.1) is 0 Å². The third kappa shape index (κ3) is 6.07. The summed E-state index contributed by atoms with van der Waals surface area (Å²) >= 11 is 0. The molecule has 0 spiro atoms. The first-order valence-corrected chi connectivity index (χ1v) is 9.12. The lowest BCUT2D eigenvalue weighted by molar-refractivity contribution is 0.176. The van der Waals surface area contributed by atoms with Crippen molar-refractivity contribution >= 4 is 12.1 Å². The summed E-state index contributed by atoms with van der Waals surface area (Å²) in [5.74, 6) is 0. The van der Waals surface area contributed by atoms with Gasteiger partial charge in [-0.1, -0.05) is 72.3 Å². The van der Waals surface area contributed by atoms with E-state index in [2.05, 4.69) is 49.5 Å². The zero-order valence-corrected chi connectivity index (χ0v) is 16.5. The Bertz CT molecular complexity index is 730. The van der Waals surface area contributed by atoms with Crippen LogP contribution in [-0.2, 0) is 0 Å². The Labute approximate surface area is 157 Å². The van der Waals surface area contributed by atoms with Crippen LogP contribution in [0.2, 0.25) is 0 Å². The fourth-order valence-corrected chi connectivity index (χ4v) is 2.84. The lowest BCUT2D eigenvalue weighted by atomic mass is 10.1. The second-order valence-corrected chi connectivity index (χ2v) is 7.80. The Hall–Kier alpha value is -2.55. The third-order valence-electron chi connectivity index (χ3n) is 4.12. The van der Waals surface area contributed by atoms with Crippen LogP contribution in [0.4, 0.5) is 4.79 Å². The Morgan fingerprint density at radius 1 is 1.04 bits per heavy atom. The second-order valence-electron chi connectivity index (χ2n) is 7.80. The molecule has 2 aromatic carbocycles. The maximum atomic E-state index is 12.9. The van der Waals surface area contributed by atoms with Gasteiger partial charge >= 0.3 is 6.03 Å². The molecule has 0 aromatic heterocycles. The van der Waals surface area contributed by atoms with Crippen LogP contribution in [0.25, 0.3) is 6.08 Å². The van der Waals surface area contributed by atoms with Gasteiger partial charge in [-0.3, -0.25) is 0 Å². The first kappa shape index (κ1) is 19.8. The van der Waals surface area contributed by atoms with E-state index < -0.39 is 0 Å². The summed E-state index contributed by atoms with van der Waals surface area (Å²) in [5, 5.41) is 3.10. The van der Waals surface area contributed by atoms with Gasteiger partial charge in [0.15, 0.2) is 0 Å². The van der Waals surface area contributed by atoms with E-state index in [9.17, 15) is 4.79 Å². The molecule has 2 amide bonds. The van der Waals surface area contributed by atoms with E-state index >= 15 is 0 Å². The van der Waals surface area contributed by atoms with Crippen molar-refractivity contribution in [2.24, 2.45) is 0 Å². The van der Waals surface area contributed by atoms with Crippen LogP contribution in [-0.4, -0.2) is 23.0 Å². The van der Waals surface area contributed by atoms with Crippen LogP contribution in [0.5, 0.6) is 0 Å². The molecule has 0 aliphatic carbocycles. The smallest absolute Gasteiger partial charge is 0.318 e. The highest BCUT2D eigenvalue weighted by Gasteiger charge is 2.25. The van der Waals surface area contributed by atoms with Crippen molar-refractivity contribution in [3.05, 3.63) is 77.4 Å². The number of hydrogen-bond donors (Lipinski definition) is 1. The topological polar surface area (TPSA) is 32.3 Å². The van der Waals surface area contributed by atoms with Gasteiger partial charge < -0.3 is 10.2 Å². The fraction of sp³-hybridized carbons (Fsp3) is 0.348. The summed E-state index contributed by atoms with van der Waals surface area (Å²) in [6.45, 7) is 10.7. The number of rotatable bonds is 5. The lowest BCUT2D eigenvalue weighted by Crippen LogP contribution is -2.49. The van der Waals surface area contributed by atoms with Crippen LogP contribution in [0, 0.1) is 0 Å². The number of hydrogen-bond acceptors (Lipinski definition) is 1. The zero-order valence-electron chi connectivity index (χ0n) is 16.5. The molecule has 2 aromatic rings. The summed E-state index contributed by atoms with van der Waals surface area (Å²) < 4.78 is 0. The molecule has 0 aliphatic rings. The Morgan fingerprint density at radius 3 is 2.12 bits per heavy atom. The van der Waals surface area contributed by atoms with Crippen molar-refractivity contribution in [1.82, 2.24) is 10.2 Å². The highest BCUT2D eigenvalue weighted by Crippen LogP contribution is 2.22. The molecule has 0 bridgehead atoms. The maximum absolute atomic E-state index is 12.9. The number of urea groups is 1. The summed E-state index contributed by atoms with van der Waals surface area (Å²) in [7, 11) is 0. The Kier molecular flexibility index (Phi) is 6.62. The van der Waals surface area contributed by atoms with E-state index in [4.69, 9.17) is 0 Å². The summed E-state index contributed by atoms with van der Waals surface area (Å²) in [6, 6.07) is 20.3. The minimum absolute atomic E-state index is 0.0160. The molecule has 0 aliphatic heterocycles. The van der Waals surface area contributed by atoms with Gasteiger partial charge in [0.05, 0.1) is 6.04 Å². The molecule has 0 fully saturated rings. The molecule has 138 valence electrons. The maximum Gasteiger partial charge on any atom is 0.318 e. The van der Waals surface area contributed by atoms with E-state index in [-0.39, 0.29) is 17.6 Å². The third-order valence-corrected chi connectivity index (χ3v) is 4.12. The molecule has 0 radical (unpaired) electrons. The van der Waals surface area contributed by atoms with Crippen LogP contribution >= 0.6 is 0 Å². The number of carbonyl (C=O) groups excluding carboxylic acids is 1. The molecule has 3 nitrogen and oxygen atoms in total. The molecule has 2 rings (SSSR count). The second kappa shape index (κ2) is 8.70. The van der Waals surface area contributed by atoms with Gasteiger partial charge in [-0.25, -0.2) is 4.79 Å². The SMILES string of the molecule is C/C(=C\c1ccccc1)CN(C(=O)NC(C)(C)C)C(C)c1ccccc1. The van der Waals surface area contributed by atoms with Gasteiger partial charge in [0.25, 0.3) is 0 Å². The van der Waals surface area contributed by atoms with Gasteiger partial charge in [0, 0.05) is 12.1 Å². The number of amides is 2. The van der Waals surface area contributed by atoms with Gasteiger partial charge in [-0.2, -0.15) is 0 Å². The molecule has 26 heavy (non-hydrogen) atoms. The molecule has 3 heteroatoms. The summed E-state index contributed by atoms with van der Waals surface area (Å²) in [4.78, 5) is 14.8. The summed E-state index contributed by atoms with van der Waals surface area (Å²) in [5.41, 5.74) is 3.14. The molecule has 1 unspecified atom stereocenters. The van der Waals surface area contributed by atoms with Crippen LogP contribution in [0.1, 0.15) is 51.8 Å². The Balaban J connectivity index is 2.25. The molecule has 1 atom stereocenters. The monoisotopic (exact) mass is 350 g/mol. The van der Waals surface area contributed by atoms with E-state index in [0.29, 0.717) is 6.54 Å². The van der Waals surface area contributed by atoms with Crippen molar-refractivity contribution in [3.8, 4) is 0 Å². The van der Waals surface area contributed by atoms with Crippen LogP contribution in [0.15, 0.2) is 66.2 Å². The molecular weight excluding hydrogens is 320 g/mol. The van der Waals surface area contributed by atoms with E-state index in [1.807, 2.05) is 62.1 Å². The first-order chi connectivity index (χ1) is 12.3. The predicted molar refractivity (Wildman–Crippen MR) is 110 cm³/mol. The van der Waals surface area contributed by atoms with Crippen molar-refractivity contribution in [2.45, 2.75) is 46.2 Å².